The lowest BCUT2D eigenvalue weighted by molar-refractivity contribution is 0.102. The summed E-state index contributed by atoms with van der Waals surface area (Å²) < 4.78 is 22.6. The summed E-state index contributed by atoms with van der Waals surface area (Å²) in [5.74, 6) is -0.313. The Morgan fingerprint density at radius 3 is 2.05 bits per heavy atom. The highest BCUT2D eigenvalue weighted by molar-refractivity contribution is 7.90. The van der Waals surface area contributed by atoms with Gasteiger partial charge in [0.05, 0.1) is 4.90 Å². The molecule has 6 heteroatoms. The molecule has 0 fully saturated rings. The summed E-state index contributed by atoms with van der Waals surface area (Å²) in [5.41, 5.74) is 0.999. The maximum absolute atomic E-state index is 12.0. The normalized spacial score (nSPS) is 11.1. The Kier molecular flexibility index (Phi) is 4.11. The SMILES string of the molecule is CS(=O)(=O)c1ccc(C(=O)Nc2ccc(Cl)cc2)cc1. The van der Waals surface area contributed by atoms with E-state index in [2.05, 4.69) is 5.32 Å². The Hall–Kier alpha value is -1.85. The number of amides is 1. The minimum Gasteiger partial charge on any atom is -0.322 e. The molecule has 104 valence electrons. The molecule has 0 spiro atoms. The molecule has 2 aromatic carbocycles. The van der Waals surface area contributed by atoms with E-state index >= 15 is 0 Å². The number of halogens is 1. The molecule has 0 saturated heterocycles. The van der Waals surface area contributed by atoms with Crippen molar-refractivity contribution in [2.75, 3.05) is 11.6 Å². The first kappa shape index (κ1) is 14.6. The molecule has 0 aromatic heterocycles. The van der Waals surface area contributed by atoms with Crippen molar-refractivity contribution < 1.29 is 13.2 Å². The predicted octanol–water partition coefficient (Wildman–Crippen LogP) is 3.00. The molecule has 20 heavy (non-hydrogen) atoms. The lowest BCUT2D eigenvalue weighted by Crippen LogP contribution is -2.12. The first-order chi connectivity index (χ1) is 9.36. The molecule has 2 rings (SSSR count). The van der Waals surface area contributed by atoms with Crippen molar-refractivity contribution in [3.63, 3.8) is 0 Å². The molecule has 0 saturated carbocycles. The van der Waals surface area contributed by atoms with Gasteiger partial charge in [-0.25, -0.2) is 8.42 Å². The minimum absolute atomic E-state index is 0.181. The van der Waals surface area contributed by atoms with Crippen molar-refractivity contribution in [1.82, 2.24) is 0 Å². The average molecular weight is 310 g/mol. The minimum atomic E-state index is -3.26. The van der Waals surface area contributed by atoms with Crippen LogP contribution in [0.1, 0.15) is 10.4 Å². The van der Waals surface area contributed by atoms with Gasteiger partial charge in [0.1, 0.15) is 0 Å². The van der Waals surface area contributed by atoms with Crippen LogP contribution in [0.25, 0.3) is 0 Å². The molecular formula is C14H12ClNO3S. The average Bonchev–Trinajstić information content (AvgIpc) is 2.40. The summed E-state index contributed by atoms with van der Waals surface area (Å²) >= 11 is 5.76. The van der Waals surface area contributed by atoms with Gasteiger partial charge in [-0.2, -0.15) is 0 Å². The molecule has 0 atom stereocenters. The van der Waals surface area contributed by atoms with Crippen LogP contribution in [0, 0.1) is 0 Å². The standard InChI is InChI=1S/C14H12ClNO3S/c1-20(18,19)13-8-2-10(3-9-13)14(17)16-12-6-4-11(15)5-7-12/h2-9H,1H3,(H,16,17). The van der Waals surface area contributed by atoms with E-state index in [1.54, 1.807) is 24.3 Å². The zero-order valence-corrected chi connectivity index (χ0v) is 12.2. The van der Waals surface area contributed by atoms with Crippen LogP contribution in [-0.2, 0) is 9.84 Å². The highest BCUT2D eigenvalue weighted by Crippen LogP contribution is 2.15. The number of sulfone groups is 1. The quantitative estimate of drug-likeness (QED) is 0.948. The third-order valence-electron chi connectivity index (χ3n) is 2.65. The molecule has 2 aromatic rings. The fourth-order valence-corrected chi connectivity index (χ4v) is 2.35. The van der Waals surface area contributed by atoms with Gasteiger partial charge in [0.15, 0.2) is 9.84 Å². The van der Waals surface area contributed by atoms with Gasteiger partial charge in [-0.15, -0.1) is 0 Å². The van der Waals surface area contributed by atoms with Crippen molar-refractivity contribution in [1.29, 1.82) is 0 Å². The number of anilines is 1. The number of hydrogen-bond acceptors (Lipinski definition) is 3. The Morgan fingerprint density at radius 2 is 1.55 bits per heavy atom. The fraction of sp³-hybridized carbons (Fsp3) is 0.0714. The summed E-state index contributed by atoms with van der Waals surface area (Å²) in [4.78, 5) is 12.1. The molecular weight excluding hydrogens is 298 g/mol. The van der Waals surface area contributed by atoms with E-state index < -0.39 is 9.84 Å². The Labute approximate surface area is 122 Å². The summed E-state index contributed by atoms with van der Waals surface area (Å²) in [7, 11) is -3.26. The van der Waals surface area contributed by atoms with Gasteiger partial charge in [0.25, 0.3) is 5.91 Å². The molecule has 1 N–H and O–H groups in total. The van der Waals surface area contributed by atoms with Gasteiger partial charge in [0.2, 0.25) is 0 Å². The van der Waals surface area contributed by atoms with Gasteiger partial charge in [-0.3, -0.25) is 4.79 Å². The number of nitrogens with one attached hydrogen (secondary N) is 1. The molecule has 0 aliphatic heterocycles. The van der Waals surface area contributed by atoms with Crippen LogP contribution in [-0.4, -0.2) is 20.6 Å². The Morgan fingerprint density at radius 1 is 1.00 bits per heavy atom. The van der Waals surface area contributed by atoms with Crippen molar-refractivity contribution in [2.24, 2.45) is 0 Å². The third-order valence-corrected chi connectivity index (χ3v) is 4.03. The van der Waals surface area contributed by atoms with Crippen LogP contribution < -0.4 is 5.32 Å². The van der Waals surface area contributed by atoms with Crippen LogP contribution in [0.2, 0.25) is 5.02 Å². The van der Waals surface area contributed by atoms with E-state index in [1.165, 1.54) is 24.3 Å². The molecule has 0 aliphatic carbocycles. The highest BCUT2D eigenvalue weighted by atomic mass is 35.5. The number of benzene rings is 2. The maximum Gasteiger partial charge on any atom is 0.255 e. The highest BCUT2D eigenvalue weighted by Gasteiger charge is 2.10. The van der Waals surface area contributed by atoms with Crippen LogP contribution in [0.3, 0.4) is 0 Å². The molecule has 0 radical (unpaired) electrons. The second kappa shape index (κ2) is 5.64. The largest absolute Gasteiger partial charge is 0.322 e. The fourth-order valence-electron chi connectivity index (χ4n) is 1.59. The zero-order chi connectivity index (χ0) is 14.8. The number of rotatable bonds is 3. The van der Waals surface area contributed by atoms with E-state index in [1.807, 2.05) is 0 Å². The second-order valence-corrected chi connectivity index (χ2v) is 6.71. The number of hydrogen-bond donors (Lipinski definition) is 1. The van der Waals surface area contributed by atoms with Gasteiger partial charge < -0.3 is 5.32 Å². The molecule has 0 aliphatic rings. The van der Waals surface area contributed by atoms with E-state index in [4.69, 9.17) is 11.6 Å². The molecule has 4 nitrogen and oxygen atoms in total. The van der Waals surface area contributed by atoms with Crippen molar-refractivity contribution in [3.05, 3.63) is 59.1 Å². The monoisotopic (exact) mass is 309 g/mol. The number of carbonyl (C=O) groups is 1. The third kappa shape index (κ3) is 3.59. The van der Waals surface area contributed by atoms with E-state index in [0.29, 0.717) is 16.3 Å². The maximum atomic E-state index is 12.0. The molecule has 1 amide bonds. The molecule has 0 bridgehead atoms. The van der Waals surface area contributed by atoms with Gasteiger partial charge >= 0.3 is 0 Å². The summed E-state index contributed by atoms with van der Waals surface area (Å²) in [5, 5.41) is 3.28. The van der Waals surface area contributed by atoms with Crippen LogP contribution >= 0.6 is 11.6 Å². The number of carbonyl (C=O) groups excluding carboxylic acids is 1. The van der Waals surface area contributed by atoms with E-state index in [-0.39, 0.29) is 10.8 Å². The topological polar surface area (TPSA) is 63.2 Å². The molecule has 0 heterocycles. The van der Waals surface area contributed by atoms with Crippen molar-refractivity contribution in [2.45, 2.75) is 4.90 Å². The summed E-state index contributed by atoms with van der Waals surface area (Å²) in [6.07, 6.45) is 1.12. The summed E-state index contributed by atoms with van der Waals surface area (Å²) in [6.45, 7) is 0. The molecule has 0 unspecified atom stereocenters. The van der Waals surface area contributed by atoms with Crippen LogP contribution in [0.15, 0.2) is 53.4 Å². The van der Waals surface area contributed by atoms with Gasteiger partial charge in [-0.05, 0) is 48.5 Å². The van der Waals surface area contributed by atoms with Crippen LogP contribution in [0.5, 0.6) is 0 Å². The first-order valence-electron chi connectivity index (χ1n) is 5.73. The zero-order valence-electron chi connectivity index (χ0n) is 10.6. The first-order valence-corrected chi connectivity index (χ1v) is 8.00. The Balaban J connectivity index is 2.15. The van der Waals surface area contributed by atoms with E-state index in [9.17, 15) is 13.2 Å². The predicted molar refractivity (Wildman–Crippen MR) is 79.0 cm³/mol. The van der Waals surface area contributed by atoms with Gasteiger partial charge in [0, 0.05) is 22.5 Å². The van der Waals surface area contributed by atoms with Crippen molar-refractivity contribution in [3.8, 4) is 0 Å². The van der Waals surface area contributed by atoms with E-state index in [0.717, 1.165) is 6.26 Å². The van der Waals surface area contributed by atoms with Gasteiger partial charge in [-0.1, -0.05) is 11.6 Å². The second-order valence-electron chi connectivity index (χ2n) is 4.26. The summed E-state index contributed by atoms with van der Waals surface area (Å²) in [6, 6.07) is 12.5. The smallest absolute Gasteiger partial charge is 0.255 e. The Bertz CT molecular complexity index is 722. The van der Waals surface area contributed by atoms with Crippen molar-refractivity contribution >= 4 is 33.0 Å². The van der Waals surface area contributed by atoms with Crippen LogP contribution in [0.4, 0.5) is 5.69 Å². The lowest BCUT2D eigenvalue weighted by Gasteiger charge is -2.06. The lowest BCUT2D eigenvalue weighted by atomic mass is 10.2.